The van der Waals surface area contributed by atoms with Gasteiger partial charge in [0.15, 0.2) is 0 Å². The first-order valence-electron chi connectivity index (χ1n) is 6.37. The third kappa shape index (κ3) is 3.94. The highest BCUT2D eigenvalue weighted by molar-refractivity contribution is 5.25. The Bertz CT molecular complexity index is 427. The highest BCUT2D eigenvalue weighted by Gasteiger charge is 2.31. The Labute approximate surface area is 110 Å². The summed E-state index contributed by atoms with van der Waals surface area (Å²) in [6.07, 6.45) is -2.88. The number of alkyl halides is 3. The molecule has 0 unspecified atom stereocenters. The Morgan fingerprint density at radius 3 is 2.58 bits per heavy atom. The summed E-state index contributed by atoms with van der Waals surface area (Å²) < 4.78 is 37.7. The third-order valence-corrected chi connectivity index (χ3v) is 3.49. The molecule has 0 amide bonds. The van der Waals surface area contributed by atoms with Crippen molar-refractivity contribution in [3.05, 3.63) is 35.4 Å². The molecule has 5 heteroatoms. The molecule has 106 valence electrons. The molecule has 0 heterocycles. The molecule has 1 aromatic carbocycles. The van der Waals surface area contributed by atoms with Crippen LogP contribution < -0.4 is 0 Å². The summed E-state index contributed by atoms with van der Waals surface area (Å²) in [5.74, 6) is 0.464. The molecule has 1 N–H and O–H groups in total. The molecule has 0 aliphatic heterocycles. The number of halogens is 3. The molecule has 0 spiro atoms. The highest BCUT2D eigenvalue weighted by Crippen LogP contribution is 2.30. The number of benzene rings is 1. The van der Waals surface area contributed by atoms with E-state index < -0.39 is 11.7 Å². The van der Waals surface area contributed by atoms with Crippen molar-refractivity contribution in [1.82, 2.24) is 4.90 Å². The number of hydrogen-bond acceptors (Lipinski definition) is 2. The average Bonchev–Trinajstić information content (AvgIpc) is 2.26. The Kier molecular flexibility index (Phi) is 4.16. The van der Waals surface area contributed by atoms with E-state index in [1.165, 1.54) is 12.1 Å². The molecule has 1 fully saturated rings. The second kappa shape index (κ2) is 5.51. The lowest BCUT2D eigenvalue weighted by Crippen LogP contribution is -2.36. The van der Waals surface area contributed by atoms with Gasteiger partial charge in [0.05, 0.1) is 11.7 Å². The molecule has 0 bridgehead atoms. The third-order valence-electron chi connectivity index (χ3n) is 3.49. The van der Waals surface area contributed by atoms with Gasteiger partial charge in [0.25, 0.3) is 0 Å². The predicted molar refractivity (Wildman–Crippen MR) is 66.5 cm³/mol. The second-order valence-electron chi connectivity index (χ2n) is 5.39. The summed E-state index contributed by atoms with van der Waals surface area (Å²) in [6, 6.07) is 5.44. The zero-order valence-corrected chi connectivity index (χ0v) is 10.8. The summed E-state index contributed by atoms with van der Waals surface area (Å²) in [5.41, 5.74) is 0.0645. The maximum absolute atomic E-state index is 12.6. The highest BCUT2D eigenvalue weighted by atomic mass is 19.4. The van der Waals surface area contributed by atoms with Gasteiger partial charge in [0, 0.05) is 13.1 Å². The summed E-state index contributed by atoms with van der Waals surface area (Å²) in [4.78, 5) is 2.01. The Balaban J connectivity index is 1.91. The minimum Gasteiger partial charge on any atom is -0.393 e. The zero-order valence-electron chi connectivity index (χ0n) is 10.8. The molecule has 0 saturated heterocycles. The van der Waals surface area contributed by atoms with Gasteiger partial charge in [-0.2, -0.15) is 13.2 Å². The predicted octanol–water partition coefficient (Wildman–Crippen LogP) is 2.91. The number of hydrogen-bond donors (Lipinski definition) is 1. The van der Waals surface area contributed by atoms with Crippen molar-refractivity contribution in [3.8, 4) is 0 Å². The maximum Gasteiger partial charge on any atom is 0.416 e. The molecule has 1 saturated carbocycles. The van der Waals surface area contributed by atoms with E-state index in [0.717, 1.165) is 25.5 Å². The summed E-state index contributed by atoms with van der Waals surface area (Å²) in [6.45, 7) is 1.31. The van der Waals surface area contributed by atoms with Gasteiger partial charge in [-0.1, -0.05) is 18.2 Å². The van der Waals surface area contributed by atoms with E-state index >= 15 is 0 Å². The van der Waals surface area contributed by atoms with Crippen LogP contribution in [-0.2, 0) is 12.7 Å². The van der Waals surface area contributed by atoms with Gasteiger partial charge in [0.2, 0.25) is 0 Å². The Hall–Kier alpha value is -1.07. The molecule has 1 aliphatic carbocycles. The zero-order chi connectivity index (χ0) is 14.0. The van der Waals surface area contributed by atoms with Gasteiger partial charge in [-0.25, -0.2) is 0 Å². The monoisotopic (exact) mass is 273 g/mol. The van der Waals surface area contributed by atoms with E-state index in [1.807, 2.05) is 11.9 Å². The van der Waals surface area contributed by atoms with Gasteiger partial charge >= 0.3 is 6.18 Å². The number of rotatable bonds is 4. The largest absolute Gasteiger partial charge is 0.416 e. The minimum absolute atomic E-state index is 0.188. The number of nitrogens with zero attached hydrogens (tertiary/aromatic N) is 1. The van der Waals surface area contributed by atoms with Gasteiger partial charge in [0.1, 0.15) is 0 Å². The molecule has 1 aromatic rings. The number of aliphatic hydroxyl groups excluding tert-OH is 1. The normalized spacial score (nSPS) is 23.5. The van der Waals surface area contributed by atoms with Gasteiger partial charge in [-0.05, 0) is 37.4 Å². The topological polar surface area (TPSA) is 23.5 Å². The molecular weight excluding hydrogens is 255 g/mol. The SMILES string of the molecule is CN(Cc1cccc(C(F)(F)F)c1)CC1CC(O)C1. The molecule has 19 heavy (non-hydrogen) atoms. The first-order chi connectivity index (χ1) is 8.84. The lowest BCUT2D eigenvalue weighted by Gasteiger charge is -2.34. The van der Waals surface area contributed by atoms with Gasteiger partial charge < -0.3 is 10.0 Å². The Morgan fingerprint density at radius 1 is 1.32 bits per heavy atom. The molecule has 1 aliphatic rings. The Morgan fingerprint density at radius 2 is 2.00 bits per heavy atom. The van der Waals surface area contributed by atoms with Crippen molar-refractivity contribution in [3.63, 3.8) is 0 Å². The fourth-order valence-corrected chi connectivity index (χ4v) is 2.51. The van der Waals surface area contributed by atoms with Crippen LogP contribution in [0, 0.1) is 5.92 Å². The van der Waals surface area contributed by atoms with Crippen molar-refractivity contribution in [2.45, 2.75) is 31.7 Å². The molecular formula is C14H18F3NO. The van der Waals surface area contributed by atoms with Crippen LogP contribution in [-0.4, -0.2) is 29.7 Å². The van der Waals surface area contributed by atoms with Crippen LogP contribution in [0.4, 0.5) is 13.2 Å². The van der Waals surface area contributed by atoms with E-state index in [9.17, 15) is 18.3 Å². The maximum atomic E-state index is 12.6. The van der Waals surface area contributed by atoms with Gasteiger partial charge in [-0.15, -0.1) is 0 Å². The van der Waals surface area contributed by atoms with Crippen LogP contribution in [0.5, 0.6) is 0 Å². The fraction of sp³-hybridized carbons (Fsp3) is 0.571. The molecule has 0 aromatic heterocycles. The van der Waals surface area contributed by atoms with E-state index in [1.54, 1.807) is 6.07 Å². The molecule has 2 nitrogen and oxygen atoms in total. The molecule has 2 rings (SSSR count). The van der Waals surface area contributed by atoms with E-state index in [-0.39, 0.29) is 6.10 Å². The smallest absolute Gasteiger partial charge is 0.393 e. The van der Waals surface area contributed by atoms with E-state index in [2.05, 4.69) is 0 Å². The van der Waals surface area contributed by atoms with Crippen LogP contribution in [0.1, 0.15) is 24.0 Å². The van der Waals surface area contributed by atoms with Crippen LogP contribution in [0.25, 0.3) is 0 Å². The van der Waals surface area contributed by atoms with Crippen molar-refractivity contribution in [1.29, 1.82) is 0 Å². The van der Waals surface area contributed by atoms with Crippen LogP contribution in [0.15, 0.2) is 24.3 Å². The lowest BCUT2D eigenvalue weighted by molar-refractivity contribution is -0.137. The van der Waals surface area contributed by atoms with Crippen LogP contribution in [0.3, 0.4) is 0 Å². The first kappa shape index (κ1) is 14.3. The van der Waals surface area contributed by atoms with Crippen LogP contribution in [0.2, 0.25) is 0 Å². The van der Waals surface area contributed by atoms with Crippen molar-refractivity contribution >= 4 is 0 Å². The molecule has 0 atom stereocenters. The molecule has 0 radical (unpaired) electrons. The summed E-state index contributed by atoms with van der Waals surface area (Å²) in [7, 11) is 1.89. The summed E-state index contributed by atoms with van der Waals surface area (Å²) >= 11 is 0. The lowest BCUT2D eigenvalue weighted by atomic mass is 9.82. The standard InChI is InChI=1S/C14H18F3NO/c1-18(9-11-6-13(19)7-11)8-10-3-2-4-12(5-10)14(15,16)17/h2-5,11,13,19H,6-9H2,1H3. The van der Waals surface area contributed by atoms with Crippen molar-refractivity contribution < 1.29 is 18.3 Å². The fourth-order valence-electron chi connectivity index (χ4n) is 2.51. The van der Waals surface area contributed by atoms with Gasteiger partial charge in [-0.3, -0.25) is 0 Å². The van der Waals surface area contributed by atoms with E-state index in [4.69, 9.17) is 0 Å². The first-order valence-corrected chi connectivity index (χ1v) is 6.37. The van der Waals surface area contributed by atoms with Crippen molar-refractivity contribution in [2.75, 3.05) is 13.6 Å². The van der Waals surface area contributed by atoms with E-state index in [0.29, 0.717) is 18.0 Å². The quantitative estimate of drug-likeness (QED) is 0.911. The second-order valence-corrected chi connectivity index (χ2v) is 5.39. The number of aliphatic hydroxyl groups is 1. The summed E-state index contributed by atoms with van der Waals surface area (Å²) in [5, 5.41) is 9.20. The average molecular weight is 273 g/mol. The minimum atomic E-state index is -4.29. The van der Waals surface area contributed by atoms with Crippen LogP contribution >= 0.6 is 0 Å². The van der Waals surface area contributed by atoms with Crippen molar-refractivity contribution in [2.24, 2.45) is 5.92 Å².